The Bertz CT molecular complexity index is 439. The van der Waals surface area contributed by atoms with E-state index in [1.54, 1.807) is 6.20 Å². The first-order chi connectivity index (χ1) is 10.9. The average Bonchev–Trinajstić information content (AvgIpc) is 2.53. The monoisotopic (exact) mass is 322 g/mol. The Hall–Kier alpha value is -1.17. The number of pyridine rings is 1. The van der Waals surface area contributed by atoms with Crippen molar-refractivity contribution < 1.29 is 14.6 Å². The number of hydrogen-bond acceptors (Lipinski definition) is 5. The molecule has 0 bridgehead atoms. The second-order valence-electron chi connectivity index (χ2n) is 7.30. The summed E-state index contributed by atoms with van der Waals surface area (Å²) >= 11 is 0. The van der Waals surface area contributed by atoms with Crippen LogP contribution in [0.5, 0.6) is 5.88 Å². The number of aromatic nitrogens is 1. The number of aliphatic hydroxyl groups excluding tert-OH is 1. The highest BCUT2D eigenvalue weighted by atomic mass is 16.5. The molecule has 1 aliphatic heterocycles. The van der Waals surface area contributed by atoms with Crippen molar-refractivity contribution in [2.24, 2.45) is 5.92 Å². The van der Waals surface area contributed by atoms with E-state index in [-0.39, 0.29) is 5.60 Å². The van der Waals surface area contributed by atoms with Gasteiger partial charge in [0.25, 0.3) is 0 Å². The summed E-state index contributed by atoms with van der Waals surface area (Å²) in [4.78, 5) is 6.49. The Labute approximate surface area is 139 Å². The molecule has 5 nitrogen and oxygen atoms in total. The molecule has 1 fully saturated rings. The van der Waals surface area contributed by atoms with Gasteiger partial charge < -0.3 is 19.5 Å². The lowest BCUT2D eigenvalue weighted by Crippen LogP contribution is -2.42. The van der Waals surface area contributed by atoms with E-state index in [1.165, 1.54) is 0 Å². The molecule has 1 saturated heterocycles. The third kappa shape index (κ3) is 7.29. The predicted molar refractivity (Wildman–Crippen MR) is 90.6 cm³/mol. The van der Waals surface area contributed by atoms with Crippen molar-refractivity contribution in [2.75, 3.05) is 32.8 Å². The van der Waals surface area contributed by atoms with Crippen molar-refractivity contribution in [1.29, 1.82) is 0 Å². The molecule has 1 unspecified atom stereocenters. The molecule has 0 aliphatic carbocycles. The molecule has 0 amide bonds. The summed E-state index contributed by atoms with van der Waals surface area (Å²) in [6, 6.07) is 5.72. The van der Waals surface area contributed by atoms with E-state index in [4.69, 9.17) is 9.47 Å². The van der Waals surface area contributed by atoms with E-state index < -0.39 is 6.10 Å². The van der Waals surface area contributed by atoms with Crippen molar-refractivity contribution in [3.8, 4) is 5.88 Å². The van der Waals surface area contributed by atoms with Gasteiger partial charge in [0.15, 0.2) is 0 Å². The van der Waals surface area contributed by atoms with Crippen molar-refractivity contribution in [3.63, 3.8) is 0 Å². The van der Waals surface area contributed by atoms with Crippen LogP contribution in [0, 0.1) is 5.92 Å². The largest absolute Gasteiger partial charge is 0.477 e. The fourth-order valence-electron chi connectivity index (χ4n) is 2.67. The van der Waals surface area contributed by atoms with E-state index >= 15 is 0 Å². The number of rotatable bonds is 7. The summed E-state index contributed by atoms with van der Waals surface area (Å²) in [5.41, 5.74) is -0.198. The van der Waals surface area contributed by atoms with Crippen molar-refractivity contribution >= 4 is 0 Å². The Balaban J connectivity index is 1.62. The number of likely N-dealkylation sites (tertiary alicyclic amines) is 1. The molecule has 2 heterocycles. The lowest BCUT2D eigenvalue weighted by molar-refractivity contribution is -0.0581. The van der Waals surface area contributed by atoms with Gasteiger partial charge in [-0.25, -0.2) is 4.98 Å². The number of ether oxygens (including phenoxy) is 2. The topological polar surface area (TPSA) is 54.8 Å². The molecule has 0 aromatic carbocycles. The first-order valence-corrected chi connectivity index (χ1v) is 8.50. The van der Waals surface area contributed by atoms with Crippen molar-refractivity contribution in [1.82, 2.24) is 9.88 Å². The van der Waals surface area contributed by atoms with Gasteiger partial charge in [0, 0.05) is 18.8 Å². The van der Waals surface area contributed by atoms with Gasteiger partial charge in [-0.2, -0.15) is 0 Å². The van der Waals surface area contributed by atoms with Crippen LogP contribution in [0.3, 0.4) is 0 Å². The maximum Gasteiger partial charge on any atom is 0.213 e. The molecule has 0 spiro atoms. The molecule has 0 saturated carbocycles. The zero-order valence-corrected chi connectivity index (χ0v) is 14.6. The van der Waals surface area contributed by atoms with Gasteiger partial charge in [-0.3, -0.25) is 0 Å². The quantitative estimate of drug-likeness (QED) is 0.835. The van der Waals surface area contributed by atoms with Crippen LogP contribution in [-0.2, 0) is 4.74 Å². The van der Waals surface area contributed by atoms with E-state index in [0.717, 1.165) is 32.5 Å². The Morgan fingerprint density at radius 2 is 2.04 bits per heavy atom. The minimum atomic E-state index is -0.421. The van der Waals surface area contributed by atoms with Gasteiger partial charge >= 0.3 is 0 Å². The average molecular weight is 322 g/mol. The molecule has 1 N–H and O–H groups in total. The summed E-state index contributed by atoms with van der Waals surface area (Å²) in [6.45, 7) is 9.83. The SMILES string of the molecule is CC(C)(C)OCC(O)CN1CCC(COc2ccccn2)CC1. The maximum absolute atomic E-state index is 10.1. The predicted octanol–water partition coefficient (Wildman–Crippen LogP) is 2.35. The third-order valence-corrected chi connectivity index (χ3v) is 3.99. The highest BCUT2D eigenvalue weighted by molar-refractivity contribution is 5.09. The van der Waals surface area contributed by atoms with Crippen LogP contribution in [0.1, 0.15) is 33.6 Å². The zero-order chi connectivity index (χ0) is 16.7. The van der Waals surface area contributed by atoms with Gasteiger partial charge in [-0.15, -0.1) is 0 Å². The van der Waals surface area contributed by atoms with Crippen molar-refractivity contribution in [3.05, 3.63) is 24.4 Å². The van der Waals surface area contributed by atoms with Gasteiger partial charge in [-0.1, -0.05) is 6.07 Å². The molecule has 23 heavy (non-hydrogen) atoms. The lowest BCUT2D eigenvalue weighted by atomic mass is 9.97. The maximum atomic E-state index is 10.1. The molecular formula is C18H30N2O3. The first-order valence-electron chi connectivity index (χ1n) is 8.50. The van der Waals surface area contributed by atoms with Gasteiger partial charge in [0.1, 0.15) is 0 Å². The second kappa shape index (κ2) is 8.62. The van der Waals surface area contributed by atoms with Gasteiger partial charge in [-0.05, 0) is 58.7 Å². The Kier molecular flexibility index (Phi) is 6.81. The van der Waals surface area contributed by atoms with Crippen LogP contribution in [-0.4, -0.2) is 59.5 Å². The normalized spacial score (nSPS) is 18.8. The number of piperidine rings is 1. The van der Waals surface area contributed by atoms with Crippen LogP contribution in [0.15, 0.2) is 24.4 Å². The van der Waals surface area contributed by atoms with E-state index in [1.807, 2.05) is 39.0 Å². The summed E-state index contributed by atoms with van der Waals surface area (Å²) in [6.07, 6.45) is 3.52. The Morgan fingerprint density at radius 1 is 1.30 bits per heavy atom. The van der Waals surface area contributed by atoms with Gasteiger partial charge in [0.05, 0.1) is 24.9 Å². The first kappa shape index (κ1) is 18.2. The molecule has 1 aromatic heterocycles. The van der Waals surface area contributed by atoms with Crippen LogP contribution in [0.4, 0.5) is 0 Å². The molecular weight excluding hydrogens is 292 g/mol. The molecule has 1 atom stereocenters. The third-order valence-electron chi connectivity index (χ3n) is 3.99. The summed E-state index contributed by atoms with van der Waals surface area (Å²) in [5.74, 6) is 1.26. The number of hydrogen-bond donors (Lipinski definition) is 1. The number of aliphatic hydroxyl groups is 1. The molecule has 0 radical (unpaired) electrons. The van der Waals surface area contributed by atoms with E-state index in [0.29, 0.717) is 24.9 Å². The minimum absolute atomic E-state index is 0.198. The number of nitrogens with zero attached hydrogens (tertiary/aromatic N) is 2. The molecule has 1 aromatic rings. The molecule has 2 rings (SSSR count). The van der Waals surface area contributed by atoms with E-state index in [9.17, 15) is 5.11 Å². The minimum Gasteiger partial charge on any atom is -0.477 e. The molecule has 1 aliphatic rings. The standard InChI is InChI=1S/C18H30N2O3/c1-18(2,3)23-14-16(21)12-20-10-7-15(8-11-20)13-22-17-6-4-5-9-19-17/h4-6,9,15-16,21H,7-8,10-14H2,1-3H3. The van der Waals surface area contributed by atoms with Gasteiger partial charge in [0.2, 0.25) is 5.88 Å². The van der Waals surface area contributed by atoms with Crippen LogP contribution >= 0.6 is 0 Å². The lowest BCUT2D eigenvalue weighted by Gasteiger charge is -2.33. The van der Waals surface area contributed by atoms with Crippen molar-refractivity contribution in [2.45, 2.75) is 45.3 Å². The van der Waals surface area contributed by atoms with Crippen LogP contribution < -0.4 is 4.74 Å². The fraction of sp³-hybridized carbons (Fsp3) is 0.722. The Morgan fingerprint density at radius 3 is 2.65 bits per heavy atom. The highest BCUT2D eigenvalue weighted by Crippen LogP contribution is 2.19. The van der Waals surface area contributed by atoms with Crippen LogP contribution in [0.25, 0.3) is 0 Å². The molecule has 130 valence electrons. The van der Waals surface area contributed by atoms with Crippen LogP contribution in [0.2, 0.25) is 0 Å². The number of β-amino-alcohol motifs (C(OH)–C–C–N with tert-alkyl or cyclic N) is 1. The zero-order valence-electron chi connectivity index (χ0n) is 14.6. The van der Waals surface area contributed by atoms with E-state index in [2.05, 4.69) is 9.88 Å². The summed E-state index contributed by atoms with van der Waals surface area (Å²) < 4.78 is 11.4. The fourth-order valence-corrected chi connectivity index (χ4v) is 2.67. The second-order valence-corrected chi connectivity index (χ2v) is 7.30. The highest BCUT2D eigenvalue weighted by Gasteiger charge is 2.22. The summed E-state index contributed by atoms with van der Waals surface area (Å²) in [5, 5.41) is 10.1. The molecule has 5 heteroatoms. The summed E-state index contributed by atoms with van der Waals surface area (Å²) in [7, 11) is 0. The smallest absolute Gasteiger partial charge is 0.213 e.